The lowest BCUT2D eigenvalue weighted by molar-refractivity contribution is 0.288. The van der Waals surface area contributed by atoms with Crippen LogP contribution in [0.2, 0.25) is 0 Å². The molecule has 19 heavy (non-hydrogen) atoms. The van der Waals surface area contributed by atoms with E-state index in [4.69, 9.17) is 0 Å². The van der Waals surface area contributed by atoms with Crippen molar-refractivity contribution in [1.29, 1.82) is 0 Å². The summed E-state index contributed by atoms with van der Waals surface area (Å²) in [7, 11) is -3.22. The summed E-state index contributed by atoms with van der Waals surface area (Å²) in [4.78, 5) is 0. The van der Waals surface area contributed by atoms with Crippen molar-refractivity contribution in [3.63, 3.8) is 0 Å². The maximum absolute atomic E-state index is 11.7. The van der Waals surface area contributed by atoms with Gasteiger partial charge in [0.15, 0.2) is 0 Å². The molecule has 1 aliphatic rings. The second-order valence-corrected chi connectivity index (χ2v) is 8.07. The van der Waals surface area contributed by atoms with E-state index in [1.54, 1.807) is 6.92 Å². The Labute approximate surface area is 115 Å². The maximum Gasteiger partial charge on any atom is 0.232 e. The summed E-state index contributed by atoms with van der Waals surface area (Å²) in [5.41, 5.74) is 3.08. The van der Waals surface area contributed by atoms with Crippen LogP contribution in [0.3, 0.4) is 0 Å². The quantitative estimate of drug-likeness (QED) is 0.896. The normalized spacial score (nSPS) is 19.3. The first kappa shape index (κ1) is 14.3. The first-order valence-corrected chi connectivity index (χ1v) is 8.25. The molecule has 0 fully saturated rings. The molecule has 1 atom stereocenters. The number of rotatable bonds is 3. The van der Waals surface area contributed by atoms with Gasteiger partial charge in [-0.3, -0.25) is 4.72 Å². The Morgan fingerprint density at radius 2 is 2.05 bits per heavy atom. The second-order valence-electron chi connectivity index (χ2n) is 6.06. The lowest BCUT2D eigenvalue weighted by Gasteiger charge is -2.28. The standard InChI is InChI=1S/C14H22N2O2S/c1-5-19(17,18)16-12-8-6-7-10-11(12)9-15-13(10)14(2,3)4/h6-8,13,15-16H,5,9H2,1-4H3. The van der Waals surface area contributed by atoms with E-state index in [-0.39, 0.29) is 17.2 Å². The molecule has 0 radical (unpaired) electrons. The first-order chi connectivity index (χ1) is 8.74. The zero-order valence-electron chi connectivity index (χ0n) is 11.9. The van der Waals surface area contributed by atoms with Crippen molar-refractivity contribution < 1.29 is 8.42 Å². The third-order valence-electron chi connectivity index (χ3n) is 3.52. The third-order valence-corrected chi connectivity index (χ3v) is 4.81. The van der Waals surface area contributed by atoms with Crippen LogP contribution in [-0.2, 0) is 16.6 Å². The van der Waals surface area contributed by atoms with Crippen LogP contribution in [0.5, 0.6) is 0 Å². The molecule has 0 aromatic heterocycles. The predicted molar refractivity (Wildman–Crippen MR) is 78.6 cm³/mol. The Balaban J connectivity index is 2.39. The zero-order chi connectivity index (χ0) is 14.3. The number of fused-ring (bicyclic) bond motifs is 1. The average molecular weight is 282 g/mol. The van der Waals surface area contributed by atoms with Crippen molar-refractivity contribution in [1.82, 2.24) is 5.32 Å². The molecule has 0 amide bonds. The van der Waals surface area contributed by atoms with Crippen molar-refractivity contribution >= 4 is 15.7 Å². The Morgan fingerprint density at radius 3 is 2.63 bits per heavy atom. The molecule has 1 aromatic carbocycles. The van der Waals surface area contributed by atoms with Gasteiger partial charge in [0.05, 0.1) is 11.4 Å². The van der Waals surface area contributed by atoms with Crippen molar-refractivity contribution in [3.8, 4) is 0 Å². The van der Waals surface area contributed by atoms with Gasteiger partial charge in [0, 0.05) is 12.6 Å². The molecule has 1 aliphatic heterocycles. The summed E-state index contributed by atoms with van der Waals surface area (Å²) < 4.78 is 26.1. The number of nitrogens with one attached hydrogen (secondary N) is 2. The fourth-order valence-corrected chi connectivity index (χ4v) is 3.17. The molecule has 1 heterocycles. The van der Waals surface area contributed by atoms with Gasteiger partial charge in [0.2, 0.25) is 10.0 Å². The largest absolute Gasteiger partial charge is 0.305 e. The van der Waals surface area contributed by atoms with Crippen LogP contribution in [0, 0.1) is 5.41 Å². The molecule has 2 rings (SSSR count). The summed E-state index contributed by atoms with van der Waals surface area (Å²) >= 11 is 0. The van der Waals surface area contributed by atoms with Gasteiger partial charge in [-0.1, -0.05) is 32.9 Å². The number of anilines is 1. The average Bonchev–Trinajstić information content (AvgIpc) is 2.73. The molecule has 0 saturated carbocycles. The number of hydrogen-bond donors (Lipinski definition) is 2. The molecule has 1 unspecified atom stereocenters. The summed E-state index contributed by atoms with van der Waals surface area (Å²) in [6.07, 6.45) is 0. The zero-order valence-corrected chi connectivity index (χ0v) is 12.8. The van der Waals surface area contributed by atoms with Crippen LogP contribution in [-0.4, -0.2) is 14.2 Å². The molecule has 2 N–H and O–H groups in total. The number of hydrogen-bond acceptors (Lipinski definition) is 3. The van der Waals surface area contributed by atoms with Gasteiger partial charge < -0.3 is 5.32 Å². The molecule has 5 heteroatoms. The van der Waals surface area contributed by atoms with E-state index < -0.39 is 10.0 Å². The lowest BCUT2D eigenvalue weighted by Crippen LogP contribution is -2.26. The highest BCUT2D eigenvalue weighted by atomic mass is 32.2. The van der Waals surface area contributed by atoms with Gasteiger partial charge >= 0.3 is 0 Å². The van der Waals surface area contributed by atoms with E-state index >= 15 is 0 Å². The number of sulfonamides is 1. The Hall–Kier alpha value is -1.07. The Kier molecular flexibility index (Phi) is 3.62. The molecule has 0 spiro atoms. The fraction of sp³-hybridized carbons (Fsp3) is 0.571. The summed E-state index contributed by atoms with van der Waals surface area (Å²) in [6, 6.07) is 6.08. The Bertz CT molecular complexity index is 574. The summed E-state index contributed by atoms with van der Waals surface area (Å²) in [5.74, 6) is 0.0901. The van der Waals surface area contributed by atoms with Gasteiger partial charge in [-0.15, -0.1) is 0 Å². The minimum Gasteiger partial charge on any atom is -0.305 e. The number of benzene rings is 1. The highest BCUT2D eigenvalue weighted by Crippen LogP contribution is 2.40. The van der Waals surface area contributed by atoms with Crippen LogP contribution in [0.4, 0.5) is 5.69 Å². The topological polar surface area (TPSA) is 58.2 Å². The van der Waals surface area contributed by atoms with E-state index in [0.717, 1.165) is 5.56 Å². The molecule has 1 aromatic rings. The van der Waals surface area contributed by atoms with E-state index in [0.29, 0.717) is 12.2 Å². The fourth-order valence-electron chi connectivity index (χ4n) is 2.49. The monoisotopic (exact) mass is 282 g/mol. The van der Waals surface area contributed by atoms with Crippen LogP contribution in [0.25, 0.3) is 0 Å². The van der Waals surface area contributed by atoms with Gasteiger partial charge in [0.25, 0.3) is 0 Å². The van der Waals surface area contributed by atoms with E-state index in [2.05, 4.69) is 36.9 Å². The molecular weight excluding hydrogens is 260 g/mol. The van der Waals surface area contributed by atoms with Gasteiger partial charge in [0.1, 0.15) is 0 Å². The van der Waals surface area contributed by atoms with Crippen molar-refractivity contribution in [2.45, 2.75) is 40.3 Å². The summed E-state index contributed by atoms with van der Waals surface area (Å²) in [6.45, 7) is 8.90. The highest BCUT2D eigenvalue weighted by Gasteiger charge is 2.33. The smallest absolute Gasteiger partial charge is 0.232 e. The molecular formula is C14H22N2O2S. The molecule has 4 nitrogen and oxygen atoms in total. The van der Waals surface area contributed by atoms with Crippen molar-refractivity contribution in [2.24, 2.45) is 5.41 Å². The third kappa shape index (κ3) is 2.92. The second kappa shape index (κ2) is 4.80. The first-order valence-electron chi connectivity index (χ1n) is 6.60. The molecule has 0 saturated heterocycles. The SMILES string of the molecule is CCS(=O)(=O)Nc1cccc2c1CNC2C(C)(C)C. The van der Waals surface area contributed by atoms with E-state index in [1.807, 2.05) is 12.1 Å². The van der Waals surface area contributed by atoms with Crippen molar-refractivity contribution in [2.75, 3.05) is 10.5 Å². The summed E-state index contributed by atoms with van der Waals surface area (Å²) in [5, 5.41) is 3.47. The molecule has 0 bridgehead atoms. The van der Waals surface area contributed by atoms with E-state index in [9.17, 15) is 8.42 Å². The Morgan fingerprint density at radius 1 is 1.37 bits per heavy atom. The molecule has 106 valence electrons. The lowest BCUT2D eigenvalue weighted by atomic mass is 9.83. The van der Waals surface area contributed by atoms with Gasteiger partial charge in [-0.25, -0.2) is 8.42 Å². The highest BCUT2D eigenvalue weighted by molar-refractivity contribution is 7.92. The predicted octanol–water partition coefficient (Wildman–Crippen LogP) is 2.64. The van der Waals surface area contributed by atoms with E-state index in [1.165, 1.54) is 5.56 Å². The van der Waals surface area contributed by atoms with Crippen molar-refractivity contribution in [3.05, 3.63) is 29.3 Å². The molecule has 0 aliphatic carbocycles. The van der Waals surface area contributed by atoms with Crippen LogP contribution in [0.15, 0.2) is 18.2 Å². The minimum absolute atomic E-state index is 0.0901. The van der Waals surface area contributed by atoms with Crippen LogP contribution < -0.4 is 10.0 Å². The minimum atomic E-state index is -3.22. The van der Waals surface area contributed by atoms with Gasteiger partial charge in [-0.05, 0) is 29.5 Å². The van der Waals surface area contributed by atoms with Gasteiger partial charge in [-0.2, -0.15) is 0 Å². The maximum atomic E-state index is 11.7. The van der Waals surface area contributed by atoms with Crippen LogP contribution in [0.1, 0.15) is 44.9 Å². The van der Waals surface area contributed by atoms with Crippen LogP contribution >= 0.6 is 0 Å².